The Labute approximate surface area is 223 Å². The molecule has 0 spiro atoms. The van der Waals surface area contributed by atoms with Gasteiger partial charge in [0.15, 0.2) is 5.13 Å². The normalized spacial score (nSPS) is 17.5. The van der Waals surface area contributed by atoms with Gasteiger partial charge in [-0.05, 0) is 55.5 Å². The number of likely N-dealkylation sites (tertiary alicyclic amines) is 1. The Bertz CT molecular complexity index is 1310. The molecular weight excluding hydrogens is 506 g/mol. The summed E-state index contributed by atoms with van der Waals surface area (Å²) in [5.41, 5.74) is 1.51. The molecule has 2 aromatic carbocycles. The lowest BCUT2D eigenvalue weighted by Gasteiger charge is -2.31. The van der Waals surface area contributed by atoms with Gasteiger partial charge in [-0.3, -0.25) is 19.3 Å². The quantitative estimate of drug-likeness (QED) is 0.405. The van der Waals surface area contributed by atoms with Crippen molar-refractivity contribution in [2.24, 2.45) is 0 Å². The molecule has 0 radical (unpaired) electrons. The third kappa shape index (κ3) is 5.52. The second-order valence-corrected chi connectivity index (χ2v) is 10.1. The number of amides is 4. The molecule has 10 nitrogen and oxygen atoms in total. The van der Waals surface area contributed by atoms with Crippen LogP contribution in [0.3, 0.4) is 0 Å². The summed E-state index contributed by atoms with van der Waals surface area (Å²) in [6, 6.07) is 13.6. The van der Waals surface area contributed by atoms with Crippen LogP contribution in [0.1, 0.15) is 47.6 Å². The van der Waals surface area contributed by atoms with E-state index in [0.717, 1.165) is 12.8 Å². The smallest absolute Gasteiger partial charge is 0.405 e. The predicted molar refractivity (Wildman–Crippen MR) is 141 cm³/mol. The zero-order chi connectivity index (χ0) is 26.6. The standard InChI is InChI=1S/C27H27N5O5S/c33-23(29-19-10-11-19)18-8-12-20(13-9-18)32(26-28-14-16-38-26)24(34)21-7-4-15-31(21)25(35)22(30-27(36)37)17-5-2-1-3-6-17/h1-3,5-6,8-9,12-14,16,19,21-22,30H,4,7,10-11,15H2,(H,29,33)(H,36,37). The minimum Gasteiger partial charge on any atom is -0.465 e. The van der Waals surface area contributed by atoms with Gasteiger partial charge in [-0.25, -0.2) is 9.78 Å². The molecule has 2 fully saturated rings. The molecule has 1 saturated carbocycles. The topological polar surface area (TPSA) is 132 Å². The molecule has 2 unspecified atom stereocenters. The molecule has 196 valence electrons. The Morgan fingerprint density at radius 1 is 1.03 bits per heavy atom. The highest BCUT2D eigenvalue weighted by atomic mass is 32.1. The number of carboxylic acid groups (broad SMARTS) is 1. The molecular formula is C27H27N5O5S. The number of anilines is 2. The number of hydrogen-bond acceptors (Lipinski definition) is 6. The van der Waals surface area contributed by atoms with Crippen LogP contribution in [-0.2, 0) is 9.59 Å². The zero-order valence-corrected chi connectivity index (χ0v) is 21.3. The minimum atomic E-state index is -1.33. The summed E-state index contributed by atoms with van der Waals surface area (Å²) in [6.45, 7) is 0.325. The largest absolute Gasteiger partial charge is 0.465 e. The van der Waals surface area contributed by atoms with Crippen molar-refractivity contribution in [3.05, 3.63) is 77.3 Å². The van der Waals surface area contributed by atoms with Crippen LogP contribution in [0.4, 0.5) is 15.6 Å². The van der Waals surface area contributed by atoms with Gasteiger partial charge in [-0.1, -0.05) is 30.3 Å². The highest BCUT2D eigenvalue weighted by Gasteiger charge is 2.41. The molecule has 38 heavy (non-hydrogen) atoms. The van der Waals surface area contributed by atoms with Gasteiger partial charge in [0.05, 0.1) is 5.69 Å². The van der Waals surface area contributed by atoms with Crippen LogP contribution >= 0.6 is 11.3 Å². The molecule has 1 aliphatic carbocycles. The fraction of sp³-hybridized carbons (Fsp3) is 0.296. The highest BCUT2D eigenvalue weighted by Crippen LogP contribution is 2.32. The van der Waals surface area contributed by atoms with E-state index in [0.29, 0.717) is 41.3 Å². The average molecular weight is 534 g/mol. The summed E-state index contributed by atoms with van der Waals surface area (Å²) < 4.78 is 0. The van der Waals surface area contributed by atoms with Crippen LogP contribution in [0.5, 0.6) is 0 Å². The van der Waals surface area contributed by atoms with E-state index in [1.54, 1.807) is 66.2 Å². The molecule has 2 aliphatic rings. The third-order valence-electron chi connectivity index (χ3n) is 6.60. The third-order valence-corrected chi connectivity index (χ3v) is 7.36. The number of carbonyl (C=O) groups excluding carboxylic acids is 3. The molecule has 3 N–H and O–H groups in total. The summed E-state index contributed by atoms with van der Waals surface area (Å²) >= 11 is 1.28. The Kier molecular flexibility index (Phi) is 7.36. The summed E-state index contributed by atoms with van der Waals surface area (Å²) in [7, 11) is 0. The van der Waals surface area contributed by atoms with Gasteiger partial charge in [0.1, 0.15) is 12.1 Å². The lowest BCUT2D eigenvalue weighted by Crippen LogP contribution is -2.50. The van der Waals surface area contributed by atoms with Gasteiger partial charge in [0, 0.05) is 29.7 Å². The maximum absolute atomic E-state index is 14.0. The molecule has 1 aromatic heterocycles. The van der Waals surface area contributed by atoms with Gasteiger partial charge in [-0.15, -0.1) is 11.3 Å². The van der Waals surface area contributed by atoms with Gasteiger partial charge < -0.3 is 20.6 Å². The number of hydrogen-bond donors (Lipinski definition) is 3. The van der Waals surface area contributed by atoms with Gasteiger partial charge in [0.2, 0.25) is 0 Å². The van der Waals surface area contributed by atoms with Crippen molar-refractivity contribution < 1.29 is 24.3 Å². The van der Waals surface area contributed by atoms with E-state index in [4.69, 9.17) is 0 Å². The molecule has 2 atom stereocenters. The number of carbonyl (C=O) groups is 4. The highest BCUT2D eigenvalue weighted by molar-refractivity contribution is 7.13. The van der Waals surface area contributed by atoms with Crippen molar-refractivity contribution in [3.63, 3.8) is 0 Å². The molecule has 3 aromatic rings. The fourth-order valence-electron chi connectivity index (χ4n) is 4.58. The van der Waals surface area contributed by atoms with Crippen molar-refractivity contribution in [1.29, 1.82) is 0 Å². The molecule has 1 aliphatic heterocycles. The Morgan fingerprint density at radius 3 is 2.39 bits per heavy atom. The van der Waals surface area contributed by atoms with Crippen molar-refractivity contribution in [1.82, 2.24) is 20.5 Å². The van der Waals surface area contributed by atoms with Crippen molar-refractivity contribution in [2.45, 2.75) is 43.8 Å². The maximum atomic E-state index is 14.0. The van der Waals surface area contributed by atoms with E-state index < -0.39 is 24.1 Å². The average Bonchev–Trinajstić information content (AvgIpc) is 3.36. The first-order chi connectivity index (χ1) is 18.4. The van der Waals surface area contributed by atoms with Crippen LogP contribution in [0, 0.1) is 0 Å². The number of rotatable bonds is 8. The summed E-state index contributed by atoms with van der Waals surface area (Å²) in [6.07, 6.45) is 3.27. The number of aromatic nitrogens is 1. The van der Waals surface area contributed by atoms with E-state index in [1.807, 2.05) is 0 Å². The number of nitrogens with one attached hydrogen (secondary N) is 2. The van der Waals surface area contributed by atoms with E-state index in [-0.39, 0.29) is 17.9 Å². The van der Waals surface area contributed by atoms with Crippen LogP contribution in [0.2, 0.25) is 0 Å². The number of benzene rings is 2. The monoisotopic (exact) mass is 533 g/mol. The van der Waals surface area contributed by atoms with Gasteiger partial charge >= 0.3 is 6.09 Å². The van der Waals surface area contributed by atoms with Crippen molar-refractivity contribution in [2.75, 3.05) is 11.4 Å². The Balaban J connectivity index is 1.41. The second-order valence-electron chi connectivity index (χ2n) is 9.27. The minimum absolute atomic E-state index is 0.156. The first kappa shape index (κ1) is 25.4. The van der Waals surface area contributed by atoms with Crippen LogP contribution in [0.15, 0.2) is 66.2 Å². The molecule has 0 bridgehead atoms. The summed E-state index contributed by atoms with van der Waals surface area (Å²) in [5.74, 6) is -0.986. The molecule has 1 saturated heterocycles. The SMILES string of the molecule is O=C(O)NC(C(=O)N1CCCC1C(=O)N(c1ccc(C(=O)NC2CC2)cc1)c1nccs1)c1ccccc1. The lowest BCUT2D eigenvalue weighted by molar-refractivity contribution is -0.139. The van der Waals surface area contributed by atoms with Gasteiger partial charge in [-0.2, -0.15) is 0 Å². The lowest BCUT2D eigenvalue weighted by atomic mass is 10.0. The summed E-state index contributed by atoms with van der Waals surface area (Å²) in [5, 5.41) is 16.8. The van der Waals surface area contributed by atoms with E-state index in [2.05, 4.69) is 15.6 Å². The van der Waals surface area contributed by atoms with E-state index in [1.165, 1.54) is 21.1 Å². The van der Waals surface area contributed by atoms with Crippen molar-refractivity contribution >= 4 is 46.0 Å². The maximum Gasteiger partial charge on any atom is 0.405 e. The van der Waals surface area contributed by atoms with Crippen LogP contribution in [0.25, 0.3) is 0 Å². The first-order valence-corrected chi connectivity index (χ1v) is 13.3. The Morgan fingerprint density at radius 2 is 1.76 bits per heavy atom. The van der Waals surface area contributed by atoms with Crippen LogP contribution < -0.4 is 15.5 Å². The number of nitrogens with zero attached hydrogens (tertiary/aromatic N) is 3. The van der Waals surface area contributed by atoms with E-state index in [9.17, 15) is 24.3 Å². The molecule has 5 rings (SSSR count). The van der Waals surface area contributed by atoms with Gasteiger partial charge in [0.25, 0.3) is 17.7 Å². The fourth-order valence-corrected chi connectivity index (χ4v) is 5.24. The summed E-state index contributed by atoms with van der Waals surface area (Å²) in [4.78, 5) is 58.8. The predicted octanol–water partition coefficient (Wildman–Crippen LogP) is 3.70. The molecule has 4 amide bonds. The van der Waals surface area contributed by atoms with Crippen molar-refractivity contribution in [3.8, 4) is 0 Å². The zero-order valence-electron chi connectivity index (χ0n) is 20.4. The number of thiazole rings is 1. The molecule has 11 heteroatoms. The second kappa shape index (κ2) is 11.0. The molecule has 2 heterocycles. The Hall–Kier alpha value is -4.25. The van der Waals surface area contributed by atoms with Crippen LogP contribution in [-0.4, -0.2) is 57.4 Å². The first-order valence-electron chi connectivity index (χ1n) is 12.4. The van der Waals surface area contributed by atoms with E-state index >= 15 is 0 Å².